The number of amides is 1. The summed E-state index contributed by atoms with van der Waals surface area (Å²) in [7, 11) is 0. The van der Waals surface area contributed by atoms with E-state index in [0.29, 0.717) is 18.8 Å². The van der Waals surface area contributed by atoms with E-state index in [1.54, 1.807) is 0 Å². The molecule has 0 aliphatic heterocycles. The van der Waals surface area contributed by atoms with Crippen molar-refractivity contribution in [3.63, 3.8) is 0 Å². The van der Waals surface area contributed by atoms with E-state index in [1.807, 2.05) is 27.7 Å². The Kier molecular flexibility index (Phi) is 6.05. The highest BCUT2D eigenvalue weighted by Crippen LogP contribution is 2.43. The average molecular weight is 364 g/mol. The molecule has 26 heavy (non-hydrogen) atoms. The van der Waals surface area contributed by atoms with E-state index in [9.17, 15) is 9.59 Å². The van der Waals surface area contributed by atoms with Crippen LogP contribution in [-0.2, 0) is 14.3 Å². The van der Waals surface area contributed by atoms with E-state index < -0.39 is 11.7 Å². The first-order valence-corrected chi connectivity index (χ1v) is 8.82. The van der Waals surface area contributed by atoms with Crippen molar-refractivity contribution in [3.8, 4) is 0 Å². The van der Waals surface area contributed by atoms with E-state index in [0.717, 1.165) is 11.3 Å². The van der Waals surface area contributed by atoms with Crippen LogP contribution in [0.1, 0.15) is 71.2 Å². The van der Waals surface area contributed by atoms with E-state index in [2.05, 4.69) is 27.5 Å². The third kappa shape index (κ3) is 5.31. The van der Waals surface area contributed by atoms with Crippen molar-refractivity contribution in [3.05, 3.63) is 17.6 Å². The van der Waals surface area contributed by atoms with Crippen molar-refractivity contribution in [2.45, 2.75) is 71.6 Å². The predicted octanol–water partition coefficient (Wildman–Crippen LogP) is 2.91. The van der Waals surface area contributed by atoms with Crippen LogP contribution in [0.25, 0.3) is 0 Å². The van der Waals surface area contributed by atoms with Crippen LogP contribution < -0.4 is 10.6 Å². The van der Waals surface area contributed by atoms with E-state index >= 15 is 0 Å². The second-order valence-corrected chi connectivity index (χ2v) is 7.68. The summed E-state index contributed by atoms with van der Waals surface area (Å²) in [4.78, 5) is 31.7. The molecule has 1 aromatic rings. The highest BCUT2D eigenvalue weighted by molar-refractivity contribution is 5.68. The minimum atomic E-state index is -0.532. The van der Waals surface area contributed by atoms with Gasteiger partial charge in [-0.1, -0.05) is 6.92 Å². The summed E-state index contributed by atoms with van der Waals surface area (Å²) in [5.74, 6) is 0.554. The Morgan fingerprint density at radius 2 is 2.04 bits per heavy atom. The van der Waals surface area contributed by atoms with Crippen LogP contribution >= 0.6 is 0 Å². The molecule has 1 aromatic heterocycles. The summed E-state index contributed by atoms with van der Waals surface area (Å²) in [5, 5.41) is 6.04. The van der Waals surface area contributed by atoms with Gasteiger partial charge in [-0.25, -0.2) is 14.8 Å². The second kappa shape index (κ2) is 7.88. The van der Waals surface area contributed by atoms with Crippen LogP contribution in [-0.4, -0.2) is 40.2 Å². The number of carbonyl (C=O) groups excluding carboxylic acids is 2. The smallest absolute Gasteiger partial charge is 0.407 e. The van der Waals surface area contributed by atoms with E-state index in [-0.39, 0.29) is 24.0 Å². The van der Waals surface area contributed by atoms with Crippen LogP contribution in [0.3, 0.4) is 0 Å². The number of carbonyl (C=O) groups is 2. The molecule has 1 aliphatic carbocycles. The molecular formula is C18H28N4O4. The summed E-state index contributed by atoms with van der Waals surface area (Å²) in [6.07, 6.45) is 1.36. The normalized spacial score (nSPS) is 20.1. The number of ether oxygens (including phenoxy) is 2. The first-order valence-electron chi connectivity index (χ1n) is 8.82. The fourth-order valence-electron chi connectivity index (χ4n) is 2.96. The number of aromatic nitrogens is 2. The summed E-state index contributed by atoms with van der Waals surface area (Å²) in [6.45, 7) is 11.2. The zero-order valence-corrected chi connectivity index (χ0v) is 16.3. The quantitative estimate of drug-likeness (QED) is 0.774. The van der Waals surface area contributed by atoms with Gasteiger partial charge < -0.3 is 20.1 Å². The molecule has 0 radical (unpaired) electrons. The van der Waals surface area contributed by atoms with Gasteiger partial charge in [-0.15, -0.1) is 0 Å². The number of alkyl carbamates (subject to hydrolysis) is 1. The Morgan fingerprint density at radius 3 is 2.65 bits per heavy atom. The number of anilines is 1. The fourth-order valence-corrected chi connectivity index (χ4v) is 2.96. The number of nitrogens with zero attached hydrogens (tertiary/aromatic N) is 2. The summed E-state index contributed by atoms with van der Waals surface area (Å²) in [5.41, 5.74) is 1.18. The third-order valence-corrected chi connectivity index (χ3v) is 3.92. The molecule has 0 spiro atoms. The molecule has 0 bridgehead atoms. The van der Waals surface area contributed by atoms with Gasteiger partial charge in [0.15, 0.2) is 0 Å². The van der Waals surface area contributed by atoms with Crippen molar-refractivity contribution in [2.24, 2.45) is 0 Å². The largest absolute Gasteiger partial charge is 0.456 e. The Balaban J connectivity index is 2.01. The van der Waals surface area contributed by atoms with Gasteiger partial charge in [-0.3, -0.25) is 4.79 Å². The highest BCUT2D eigenvalue weighted by atomic mass is 16.6. The monoisotopic (exact) mass is 364 g/mol. The molecule has 0 saturated carbocycles. The van der Waals surface area contributed by atoms with Gasteiger partial charge in [0.1, 0.15) is 23.9 Å². The van der Waals surface area contributed by atoms with Gasteiger partial charge in [0.25, 0.3) is 0 Å². The number of hydrogen-bond acceptors (Lipinski definition) is 7. The summed E-state index contributed by atoms with van der Waals surface area (Å²) < 4.78 is 10.6. The fraction of sp³-hybridized carbons (Fsp3) is 0.667. The molecule has 1 aliphatic rings. The first kappa shape index (κ1) is 19.9. The van der Waals surface area contributed by atoms with Gasteiger partial charge in [0.05, 0.1) is 5.69 Å². The average Bonchev–Trinajstić information content (AvgIpc) is 2.80. The molecule has 144 valence electrons. The number of hydrogen-bond donors (Lipinski definition) is 2. The van der Waals surface area contributed by atoms with Crippen molar-refractivity contribution in [2.75, 3.05) is 11.9 Å². The molecule has 0 saturated heterocycles. The number of nitrogens with one attached hydrogen (secondary N) is 2. The molecule has 8 nitrogen and oxygen atoms in total. The lowest BCUT2D eigenvalue weighted by Crippen LogP contribution is -2.38. The molecule has 0 aromatic carbocycles. The van der Waals surface area contributed by atoms with Crippen molar-refractivity contribution >= 4 is 17.9 Å². The molecule has 3 atom stereocenters. The standard InChI is InChI=1S/C18H28N4O4/c1-10-7-13(25-12(3)23)15-14(10)16(21-9-20-15)22-11(2)8-19-17(24)26-18(4,5)6/h9-11,13H,7-8H2,1-6H3,(H,19,24)(H,20,21,22)/t10-,11+,13?/m1/s1. The van der Waals surface area contributed by atoms with Crippen molar-refractivity contribution in [1.29, 1.82) is 0 Å². The molecule has 2 rings (SSSR count). The molecule has 1 heterocycles. The Morgan fingerprint density at radius 1 is 1.35 bits per heavy atom. The molecule has 0 fully saturated rings. The lowest BCUT2D eigenvalue weighted by atomic mass is 10.1. The molecule has 2 N–H and O–H groups in total. The maximum Gasteiger partial charge on any atom is 0.407 e. The number of rotatable bonds is 5. The Hall–Kier alpha value is -2.38. The van der Waals surface area contributed by atoms with Crippen molar-refractivity contribution in [1.82, 2.24) is 15.3 Å². The maximum absolute atomic E-state index is 11.8. The molecule has 1 unspecified atom stereocenters. The lowest BCUT2D eigenvalue weighted by Gasteiger charge is -2.22. The zero-order valence-electron chi connectivity index (χ0n) is 16.3. The SMILES string of the molecule is CC(=O)OC1C[C@@H](C)c2c(N[C@@H](C)CNC(=O)OC(C)(C)C)ncnc21. The van der Waals surface area contributed by atoms with Crippen LogP contribution in [0, 0.1) is 0 Å². The van der Waals surface area contributed by atoms with Crippen LogP contribution in [0.15, 0.2) is 6.33 Å². The highest BCUT2D eigenvalue weighted by Gasteiger charge is 2.34. The zero-order chi connectivity index (χ0) is 19.5. The number of fused-ring (bicyclic) bond motifs is 1. The summed E-state index contributed by atoms with van der Waals surface area (Å²) >= 11 is 0. The van der Waals surface area contributed by atoms with Crippen LogP contribution in [0.5, 0.6) is 0 Å². The van der Waals surface area contributed by atoms with E-state index in [4.69, 9.17) is 9.47 Å². The van der Waals surface area contributed by atoms with Gasteiger partial charge in [-0.05, 0) is 40.0 Å². The Labute approximate surface area is 154 Å². The van der Waals surface area contributed by atoms with Crippen molar-refractivity contribution < 1.29 is 19.1 Å². The number of esters is 1. The predicted molar refractivity (Wildman–Crippen MR) is 96.9 cm³/mol. The maximum atomic E-state index is 11.8. The molecular weight excluding hydrogens is 336 g/mol. The second-order valence-electron chi connectivity index (χ2n) is 7.68. The van der Waals surface area contributed by atoms with Gasteiger partial charge >= 0.3 is 12.1 Å². The van der Waals surface area contributed by atoms with Gasteiger partial charge in [0, 0.05) is 25.1 Å². The van der Waals surface area contributed by atoms with Gasteiger partial charge in [0.2, 0.25) is 0 Å². The topological polar surface area (TPSA) is 102 Å². The van der Waals surface area contributed by atoms with E-state index in [1.165, 1.54) is 13.3 Å². The summed E-state index contributed by atoms with van der Waals surface area (Å²) in [6, 6.07) is -0.0681. The van der Waals surface area contributed by atoms with Crippen LogP contribution in [0.4, 0.5) is 10.6 Å². The lowest BCUT2D eigenvalue weighted by molar-refractivity contribution is -0.146. The first-order chi connectivity index (χ1) is 12.1. The van der Waals surface area contributed by atoms with Gasteiger partial charge in [-0.2, -0.15) is 0 Å². The Bertz CT molecular complexity index is 672. The van der Waals surface area contributed by atoms with Crippen LogP contribution in [0.2, 0.25) is 0 Å². The molecule has 8 heteroatoms. The minimum absolute atomic E-state index is 0.0681. The third-order valence-electron chi connectivity index (χ3n) is 3.92. The minimum Gasteiger partial charge on any atom is -0.456 e. The molecule has 1 amide bonds.